The molecule has 0 heterocycles. The fraction of sp³-hybridized carbons (Fsp3) is 1.00. The lowest BCUT2D eigenvalue weighted by molar-refractivity contribution is 0.0272. The zero-order valence-electron chi connectivity index (χ0n) is 9.45. The van der Waals surface area contributed by atoms with Gasteiger partial charge in [-0.15, -0.1) is 0 Å². The van der Waals surface area contributed by atoms with Gasteiger partial charge in [-0.25, -0.2) is 0 Å². The van der Waals surface area contributed by atoms with Gasteiger partial charge in [-0.05, 0) is 32.4 Å². The van der Waals surface area contributed by atoms with Gasteiger partial charge in [-0.1, -0.05) is 19.8 Å². The van der Waals surface area contributed by atoms with Crippen LogP contribution in [0, 0.1) is 5.92 Å². The molecule has 3 N–H and O–H groups in total. The molecule has 1 saturated carbocycles. The van der Waals surface area contributed by atoms with E-state index in [1.165, 1.54) is 12.8 Å². The van der Waals surface area contributed by atoms with Gasteiger partial charge in [0.15, 0.2) is 0 Å². The van der Waals surface area contributed by atoms with Crippen molar-refractivity contribution in [1.82, 2.24) is 4.90 Å². The third-order valence-electron chi connectivity index (χ3n) is 3.26. The second-order valence-corrected chi connectivity index (χ2v) is 4.70. The molecule has 1 rings (SSSR count). The Morgan fingerprint density at radius 2 is 2.07 bits per heavy atom. The van der Waals surface area contributed by atoms with Crippen LogP contribution in [0.4, 0.5) is 0 Å². The van der Waals surface area contributed by atoms with Gasteiger partial charge in [-0.3, -0.25) is 0 Å². The van der Waals surface area contributed by atoms with E-state index in [2.05, 4.69) is 18.9 Å². The molecular weight excluding hydrogens is 176 g/mol. The van der Waals surface area contributed by atoms with Crippen molar-refractivity contribution in [3.05, 3.63) is 0 Å². The Kier molecular flexibility index (Phi) is 4.85. The molecule has 3 heteroatoms. The highest BCUT2D eigenvalue weighted by molar-refractivity contribution is 4.82. The van der Waals surface area contributed by atoms with Crippen LogP contribution >= 0.6 is 0 Å². The van der Waals surface area contributed by atoms with Crippen molar-refractivity contribution in [3.8, 4) is 0 Å². The van der Waals surface area contributed by atoms with Crippen LogP contribution in [0.5, 0.6) is 0 Å². The maximum Gasteiger partial charge on any atom is 0.0695 e. The molecule has 3 unspecified atom stereocenters. The minimum absolute atomic E-state index is 0.126. The van der Waals surface area contributed by atoms with Gasteiger partial charge in [0.1, 0.15) is 0 Å². The first-order valence-corrected chi connectivity index (χ1v) is 5.73. The average Bonchev–Trinajstić information content (AvgIpc) is 2.18. The van der Waals surface area contributed by atoms with Gasteiger partial charge in [0, 0.05) is 12.6 Å². The Bertz CT molecular complexity index is 163. The summed E-state index contributed by atoms with van der Waals surface area (Å²) in [5.41, 5.74) is 5.60. The lowest BCUT2D eigenvalue weighted by Crippen LogP contribution is -2.45. The van der Waals surface area contributed by atoms with Crippen molar-refractivity contribution in [1.29, 1.82) is 0 Å². The summed E-state index contributed by atoms with van der Waals surface area (Å²) in [6, 6.07) is 0.359. The van der Waals surface area contributed by atoms with Crippen LogP contribution in [0.2, 0.25) is 0 Å². The van der Waals surface area contributed by atoms with Gasteiger partial charge < -0.3 is 15.7 Å². The second-order valence-electron chi connectivity index (χ2n) is 4.70. The SMILES string of the molecule is CC(CN)CN(C)C1CCCCC1O. The molecule has 84 valence electrons. The van der Waals surface area contributed by atoms with Gasteiger partial charge in [0.2, 0.25) is 0 Å². The molecule has 0 saturated heterocycles. The molecule has 3 atom stereocenters. The molecular formula is C11H24N2O. The molecule has 0 bridgehead atoms. The molecule has 0 spiro atoms. The summed E-state index contributed by atoms with van der Waals surface area (Å²) in [5, 5.41) is 9.85. The lowest BCUT2D eigenvalue weighted by atomic mass is 9.91. The highest BCUT2D eigenvalue weighted by Gasteiger charge is 2.26. The number of rotatable bonds is 4. The number of nitrogens with two attached hydrogens (primary N) is 1. The summed E-state index contributed by atoms with van der Waals surface area (Å²) < 4.78 is 0. The summed E-state index contributed by atoms with van der Waals surface area (Å²) in [4.78, 5) is 2.28. The smallest absolute Gasteiger partial charge is 0.0695 e. The van der Waals surface area contributed by atoms with E-state index in [0.29, 0.717) is 12.0 Å². The zero-order valence-corrected chi connectivity index (χ0v) is 9.45. The fourth-order valence-corrected chi connectivity index (χ4v) is 2.31. The maximum atomic E-state index is 9.85. The van der Waals surface area contributed by atoms with Crippen LogP contribution in [0.3, 0.4) is 0 Å². The molecule has 1 aliphatic rings. The monoisotopic (exact) mass is 200 g/mol. The molecule has 0 amide bonds. The lowest BCUT2D eigenvalue weighted by Gasteiger charge is -2.36. The first-order valence-electron chi connectivity index (χ1n) is 5.73. The number of aliphatic hydroxyl groups is 1. The molecule has 0 radical (unpaired) electrons. The Morgan fingerprint density at radius 1 is 1.43 bits per heavy atom. The Labute approximate surface area is 87.3 Å². The third-order valence-corrected chi connectivity index (χ3v) is 3.26. The molecule has 14 heavy (non-hydrogen) atoms. The zero-order chi connectivity index (χ0) is 10.6. The minimum Gasteiger partial charge on any atom is -0.391 e. The predicted molar refractivity (Wildman–Crippen MR) is 59.1 cm³/mol. The third kappa shape index (κ3) is 3.23. The van der Waals surface area contributed by atoms with E-state index in [9.17, 15) is 5.11 Å². The standard InChI is InChI=1S/C11H24N2O/c1-9(7-12)8-13(2)10-5-3-4-6-11(10)14/h9-11,14H,3-8,12H2,1-2H3. The average molecular weight is 200 g/mol. The molecule has 3 nitrogen and oxygen atoms in total. The number of hydrogen-bond donors (Lipinski definition) is 2. The quantitative estimate of drug-likeness (QED) is 0.706. The normalized spacial score (nSPS) is 30.6. The fourth-order valence-electron chi connectivity index (χ4n) is 2.31. The molecule has 1 aliphatic carbocycles. The van der Waals surface area contributed by atoms with E-state index < -0.39 is 0 Å². The van der Waals surface area contributed by atoms with Gasteiger partial charge in [0.05, 0.1) is 6.10 Å². The van der Waals surface area contributed by atoms with Crippen LogP contribution < -0.4 is 5.73 Å². The Balaban J connectivity index is 2.37. The first kappa shape index (κ1) is 12.0. The molecule has 1 fully saturated rings. The van der Waals surface area contributed by atoms with E-state index in [1.54, 1.807) is 0 Å². The minimum atomic E-state index is -0.126. The van der Waals surface area contributed by atoms with E-state index >= 15 is 0 Å². The summed E-state index contributed by atoms with van der Waals surface area (Å²) in [5.74, 6) is 0.522. The number of nitrogens with zero attached hydrogens (tertiary/aromatic N) is 1. The van der Waals surface area contributed by atoms with Crippen LogP contribution in [0.15, 0.2) is 0 Å². The van der Waals surface area contributed by atoms with Crippen molar-refractivity contribution >= 4 is 0 Å². The van der Waals surface area contributed by atoms with Crippen LogP contribution in [0.25, 0.3) is 0 Å². The second kappa shape index (κ2) is 5.69. The Morgan fingerprint density at radius 3 is 2.64 bits per heavy atom. The largest absolute Gasteiger partial charge is 0.391 e. The van der Waals surface area contributed by atoms with Crippen molar-refractivity contribution in [3.63, 3.8) is 0 Å². The van der Waals surface area contributed by atoms with Gasteiger partial charge in [-0.2, -0.15) is 0 Å². The number of likely N-dealkylation sites (N-methyl/N-ethyl adjacent to an activating group) is 1. The van der Waals surface area contributed by atoms with Gasteiger partial charge in [0.25, 0.3) is 0 Å². The molecule has 0 aromatic rings. The summed E-state index contributed by atoms with van der Waals surface area (Å²) in [7, 11) is 2.10. The van der Waals surface area contributed by atoms with Crippen LogP contribution in [0.1, 0.15) is 32.6 Å². The summed E-state index contributed by atoms with van der Waals surface area (Å²) >= 11 is 0. The highest BCUT2D eigenvalue weighted by Crippen LogP contribution is 2.22. The van der Waals surface area contributed by atoms with Crippen LogP contribution in [-0.2, 0) is 0 Å². The molecule has 0 aromatic heterocycles. The highest BCUT2D eigenvalue weighted by atomic mass is 16.3. The maximum absolute atomic E-state index is 9.85. The van der Waals surface area contributed by atoms with E-state index in [1.807, 2.05) is 0 Å². The molecule has 0 aromatic carbocycles. The van der Waals surface area contributed by atoms with E-state index in [-0.39, 0.29) is 6.10 Å². The Hall–Kier alpha value is -0.120. The van der Waals surface area contributed by atoms with Crippen molar-refractivity contribution in [2.45, 2.75) is 44.8 Å². The predicted octanol–water partition coefficient (Wildman–Crippen LogP) is 0.816. The van der Waals surface area contributed by atoms with Crippen molar-refractivity contribution in [2.75, 3.05) is 20.1 Å². The summed E-state index contributed by atoms with van der Waals surface area (Å²) in [6.07, 6.45) is 4.40. The number of hydrogen-bond acceptors (Lipinski definition) is 3. The topological polar surface area (TPSA) is 49.5 Å². The van der Waals surface area contributed by atoms with E-state index in [0.717, 1.165) is 25.9 Å². The van der Waals surface area contributed by atoms with E-state index in [4.69, 9.17) is 5.73 Å². The first-order chi connectivity index (χ1) is 6.65. The summed E-state index contributed by atoms with van der Waals surface area (Å²) in [6.45, 7) is 3.89. The molecule has 0 aliphatic heterocycles. The van der Waals surface area contributed by atoms with Crippen LogP contribution in [-0.4, -0.2) is 42.3 Å². The van der Waals surface area contributed by atoms with Crippen molar-refractivity contribution < 1.29 is 5.11 Å². The van der Waals surface area contributed by atoms with Crippen molar-refractivity contribution in [2.24, 2.45) is 11.7 Å². The van der Waals surface area contributed by atoms with Gasteiger partial charge >= 0.3 is 0 Å². The number of aliphatic hydroxyl groups excluding tert-OH is 1.